The first-order valence-corrected chi connectivity index (χ1v) is 12.7. The van der Waals surface area contributed by atoms with Crippen LogP contribution in [0.1, 0.15) is 20.3 Å². The van der Waals surface area contributed by atoms with Crippen LogP contribution >= 0.6 is 43.0 Å². The standard InChI is InChI=1S/C15H18I2N2O6/c1-3-23-11(20)7-5-4-6-8(7)12(21)24-9(6)10(5)25-13(22)14(2,16)15-17(18-15)19-15/h5-10,18-19H,3-4H2,1-2H3. The van der Waals surface area contributed by atoms with Gasteiger partial charge in [0.05, 0.1) is 0 Å². The van der Waals surface area contributed by atoms with Crippen molar-refractivity contribution in [2.24, 2.45) is 23.7 Å². The van der Waals surface area contributed by atoms with Crippen LogP contribution in [0.5, 0.6) is 0 Å². The molecule has 3 aliphatic heterocycles. The maximum absolute atomic E-state index is 12.8. The first kappa shape index (κ1) is 16.9. The zero-order valence-electron chi connectivity index (χ0n) is 13.6. The number of carbonyl (C=O) groups excluding carboxylic acids is 3. The normalized spacial score (nSPS) is 44.6. The van der Waals surface area contributed by atoms with E-state index in [1.807, 2.05) is 6.92 Å². The molecular formula is C15H18I2N2O6. The molecule has 0 spiro atoms. The Kier molecular flexibility index (Phi) is 3.51. The Morgan fingerprint density at radius 2 is 2.12 bits per heavy atom. The number of ether oxygens (including phenoxy) is 3. The van der Waals surface area contributed by atoms with Crippen molar-refractivity contribution in [3.63, 3.8) is 0 Å². The summed E-state index contributed by atoms with van der Waals surface area (Å²) in [6, 6.07) is 0. The molecule has 0 aromatic carbocycles. The number of halogens is 2. The molecule has 10 heteroatoms. The molecule has 5 rings (SSSR count). The molecule has 5 aliphatic rings. The number of rotatable bonds is 5. The fraction of sp³-hybridized carbons (Fsp3) is 0.800. The first-order valence-electron chi connectivity index (χ1n) is 8.34. The SMILES string of the molecule is CCOC(=O)C1C2CC3C(OC(=O)C31)C2OC(=O)C(C)(I)C12NI1N2. The summed E-state index contributed by atoms with van der Waals surface area (Å²) in [5, 5.41) is 0. The van der Waals surface area contributed by atoms with Gasteiger partial charge in [-0.05, 0) is 0 Å². The van der Waals surface area contributed by atoms with Crippen molar-refractivity contribution in [3.05, 3.63) is 0 Å². The van der Waals surface area contributed by atoms with E-state index in [-0.39, 0.29) is 40.0 Å². The molecule has 25 heavy (non-hydrogen) atoms. The Morgan fingerprint density at radius 1 is 1.44 bits per heavy atom. The Morgan fingerprint density at radius 3 is 2.72 bits per heavy atom. The minimum absolute atomic E-state index is 0.0511. The first-order chi connectivity index (χ1) is 11.8. The van der Waals surface area contributed by atoms with Gasteiger partial charge < -0.3 is 0 Å². The van der Waals surface area contributed by atoms with Gasteiger partial charge in [-0.2, -0.15) is 0 Å². The fourth-order valence-corrected chi connectivity index (χ4v) is 12.4. The Balaban J connectivity index is 1.38. The van der Waals surface area contributed by atoms with E-state index in [1.165, 1.54) is 0 Å². The number of alkyl halides is 2. The van der Waals surface area contributed by atoms with Gasteiger partial charge in [-0.25, -0.2) is 0 Å². The second-order valence-corrected chi connectivity index (χ2v) is 13.7. The molecule has 0 aromatic heterocycles. The van der Waals surface area contributed by atoms with Gasteiger partial charge in [0.2, 0.25) is 0 Å². The molecule has 7 atom stereocenters. The van der Waals surface area contributed by atoms with Crippen LogP contribution in [0, 0.1) is 23.7 Å². The van der Waals surface area contributed by atoms with Gasteiger partial charge in [0.25, 0.3) is 0 Å². The number of hydrogen-bond acceptors (Lipinski definition) is 8. The van der Waals surface area contributed by atoms with Gasteiger partial charge in [0, 0.05) is 0 Å². The van der Waals surface area contributed by atoms with Crippen molar-refractivity contribution in [2.45, 2.75) is 39.6 Å². The predicted octanol–water partition coefficient (Wildman–Crippen LogP) is 0.659. The van der Waals surface area contributed by atoms with Crippen molar-refractivity contribution in [2.75, 3.05) is 6.61 Å². The van der Waals surface area contributed by atoms with Crippen LogP contribution in [0.2, 0.25) is 0 Å². The van der Waals surface area contributed by atoms with Gasteiger partial charge in [-0.3, -0.25) is 0 Å². The molecule has 3 saturated heterocycles. The summed E-state index contributed by atoms with van der Waals surface area (Å²) >= 11 is 0.837. The number of fused-ring (bicyclic) bond motifs is 2. The van der Waals surface area contributed by atoms with E-state index in [0.717, 1.165) is 0 Å². The van der Waals surface area contributed by atoms with Crippen LogP contribution in [-0.4, -0.2) is 43.8 Å². The summed E-state index contributed by atoms with van der Waals surface area (Å²) < 4.78 is 22.3. The van der Waals surface area contributed by atoms with Crippen molar-refractivity contribution >= 4 is 60.9 Å². The average molecular weight is 576 g/mol. The topological polar surface area (TPSA) is 123 Å². The van der Waals surface area contributed by atoms with Gasteiger partial charge in [-0.15, -0.1) is 0 Å². The average Bonchev–Trinajstić information content (AvgIpc) is 3.30. The third-order valence-electron chi connectivity index (χ3n) is 6.04. The Labute approximate surface area is 165 Å². The monoisotopic (exact) mass is 576 g/mol. The molecule has 3 heterocycles. The quantitative estimate of drug-likeness (QED) is 0.0932. The molecular weight excluding hydrogens is 558 g/mol. The van der Waals surface area contributed by atoms with Gasteiger partial charge in [0.1, 0.15) is 0 Å². The van der Waals surface area contributed by atoms with Crippen molar-refractivity contribution in [3.8, 4) is 0 Å². The third-order valence-corrected chi connectivity index (χ3v) is 13.2. The molecule has 0 amide bonds. The van der Waals surface area contributed by atoms with Crippen molar-refractivity contribution in [1.29, 1.82) is 0 Å². The fourth-order valence-electron chi connectivity index (χ4n) is 4.66. The summed E-state index contributed by atoms with van der Waals surface area (Å²) in [5.74, 6) is -2.31. The molecule has 2 aliphatic carbocycles. The number of carbonyl (C=O) groups is 3. The van der Waals surface area contributed by atoms with E-state index < -0.39 is 47.8 Å². The van der Waals surface area contributed by atoms with E-state index in [2.05, 4.69) is 29.7 Å². The minimum atomic E-state index is -1.30. The third kappa shape index (κ3) is 2.07. The molecule has 2 N–H and O–H groups in total. The van der Waals surface area contributed by atoms with Gasteiger partial charge >= 0.3 is 166 Å². The van der Waals surface area contributed by atoms with Crippen LogP contribution in [0.3, 0.4) is 0 Å². The molecule has 7 unspecified atom stereocenters. The van der Waals surface area contributed by atoms with Crippen molar-refractivity contribution in [1.82, 2.24) is 7.06 Å². The molecule has 2 saturated carbocycles. The van der Waals surface area contributed by atoms with E-state index in [1.54, 1.807) is 6.92 Å². The summed E-state index contributed by atoms with van der Waals surface area (Å²) in [4.78, 5) is 37.4. The van der Waals surface area contributed by atoms with Crippen LogP contribution in [-0.2, 0) is 28.6 Å². The zero-order valence-corrected chi connectivity index (χ0v) is 17.9. The predicted molar refractivity (Wildman–Crippen MR) is 100 cm³/mol. The number of esters is 3. The Hall–Kier alpha value is -0.210. The summed E-state index contributed by atoms with van der Waals surface area (Å²) in [6.45, 7) is 3.87. The van der Waals surface area contributed by atoms with E-state index in [4.69, 9.17) is 14.2 Å². The van der Waals surface area contributed by atoms with Gasteiger partial charge in [0.15, 0.2) is 0 Å². The summed E-state index contributed by atoms with van der Waals surface area (Å²) in [5.41, 5.74) is 0. The van der Waals surface area contributed by atoms with Crippen molar-refractivity contribution < 1.29 is 28.6 Å². The summed E-state index contributed by atoms with van der Waals surface area (Å²) in [7, 11) is 0. The van der Waals surface area contributed by atoms with Crippen LogP contribution < -0.4 is 7.06 Å². The molecule has 5 fully saturated rings. The molecule has 8 nitrogen and oxygen atoms in total. The molecule has 0 aromatic rings. The second-order valence-electron chi connectivity index (χ2n) is 7.27. The Bertz CT molecular complexity index is 694. The number of hydrogen-bond donors (Lipinski definition) is 2. The molecule has 2 bridgehead atoms. The maximum atomic E-state index is 12.8. The van der Waals surface area contributed by atoms with Gasteiger partial charge in [-0.1, -0.05) is 0 Å². The summed E-state index contributed by atoms with van der Waals surface area (Å²) in [6.07, 6.45) is -0.309. The van der Waals surface area contributed by atoms with E-state index >= 15 is 0 Å². The number of nitrogens with one attached hydrogen (secondary N) is 2. The zero-order chi connectivity index (χ0) is 17.7. The van der Waals surface area contributed by atoms with Crippen LogP contribution in [0.4, 0.5) is 0 Å². The second kappa shape index (κ2) is 5.19. The van der Waals surface area contributed by atoms with Crippen LogP contribution in [0.15, 0.2) is 0 Å². The molecule has 0 radical (unpaired) electrons. The van der Waals surface area contributed by atoms with E-state index in [0.29, 0.717) is 6.42 Å². The van der Waals surface area contributed by atoms with Crippen LogP contribution in [0.25, 0.3) is 0 Å². The molecule has 138 valence electrons. The van der Waals surface area contributed by atoms with E-state index in [9.17, 15) is 14.4 Å².